The molecule has 0 radical (unpaired) electrons. The fourth-order valence-electron chi connectivity index (χ4n) is 7.25. The van der Waals surface area contributed by atoms with E-state index in [0.717, 1.165) is 81.4 Å². The van der Waals surface area contributed by atoms with E-state index in [2.05, 4.69) is 15.1 Å². The summed E-state index contributed by atoms with van der Waals surface area (Å²) in [5.41, 5.74) is 1.26. The first kappa shape index (κ1) is 40.2. The van der Waals surface area contributed by atoms with Gasteiger partial charge in [-0.1, -0.05) is 49.2 Å². The zero-order chi connectivity index (χ0) is 37.6. The number of carbonyl (C=O) groups is 1. The molecule has 2 fully saturated rings. The van der Waals surface area contributed by atoms with Crippen molar-refractivity contribution < 1.29 is 42.0 Å². The van der Waals surface area contributed by atoms with Crippen LogP contribution in [0, 0.1) is 0 Å². The first-order valence-corrected chi connectivity index (χ1v) is 18.8. The Balaban J connectivity index is 0.967. The highest BCUT2D eigenvalue weighted by molar-refractivity contribution is 5.67. The molecule has 2 N–H and O–H groups in total. The van der Waals surface area contributed by atoms with E-state index in [0.29, 0.717) is 50.1 Å². The number of nitrogens with zero attached hydrogens (tertiary/aromatic N) is 2. The number of carbonyl (C=O) groups excluding carboxylic acids is 1. The number of alkyl halides is 3. The number of benzene rings is 3. The van der Waals surface area contributed by atoms with Crippen molar-refractivity contribution in [3.8, 4) is 17.2 Å². The van der Waals surface area contributed by atoms with Gasteiger partial charge in [-0.25, -0.2) is 4.79 Å². The summed E-state index contributed by atoms with van der Waals surface area (Å²) >= 11 is 0. The molecule has 3 aromatic rings. The summed E-state index contributed by atoms with van der Waals surface area (Å²) < 4.78 is 62.5. The highest BCUT2D eigenvalue weighted by Gasteiger charge is 2.36. The quantitative estimate of drug-likeness (QED) is 0.127. The van der Waals surface area contributed by atoms with E-state index in [-0.39, 0.29) is 30.2 Å². The average Bonchev–Trinajstić information content (AvgIpc) is 3.61. The normalized spacial score (nSPS) is 19.9. The van der Waals surface area contributed by atoms with Crippen LogP contribution in [0.25, 0.3) is 0 Å². The number of methoxy groups -OCH3 is 1. The van der Waals surface area contributed by atoms with Crippen LogP contribution >= 0.6 is 0 Å². The van der Waals surface area contributed by atoms with Crippen molar-refractivity contribution >= 4 is 6.09 Å². The first-order valence-electron chi connectivity index (χ1n) is 18.8. The number of unbranched alkanes of at least 4 members (excludes halogenated alkanes) is 1. The lowest BCUT2D eigenvalue weighted by molar-refractivity contribution is -0.137. The summed E-state index contributed by atoms with van der Waals surface area (Å²) in [7, 11) is 3.57. The van der Waals surface area contributed by atoms with Crippen LogP contribution in [-0.4, -0.2) is 92.7 Å². The Hall–Kier alpha value is -4.00. The van der Waals surface area contributed by atoms with Crippen LogP contribution in [0.1, 0.15) is 74.2 Å². The lowest BCUT2D eigenvalue weighted by atomic mass is 9.91. The number of alkyl carbamates (subject to hydrolysis) is 1. The molecule has 1 saturated carbocycles. The zero-order valence-corrected chi connectivity index (χ0v) is 30.9. The number of hydrogen-bond donors (Lipinski definition) is 2. The first-order chi connectivity index (χ1) is 25.6. The number of ether oxygens (including phenoxy) is 4. The van der Waals surface area contributed by atoms with Gasteiger partial charge in [0.25, 0.3) is 0 Å². The lowest BCUT2D eigenvalue weighted by Gasteiger charge is -2.37. The fourth-order valence-corrected chi connectivity index (χ4v) is 7.25. The van der Waals surface area contributed by atoms with Crippen molar-refractivity contribution in [1.29, 1.82) is 0 Å². The number of rotatable bonds is 18. The molecule has 12 heteroatoms. The van der Waals surface area contributed by atoms with Crippen LogP contribution in [0.4, 0.5) is 18.0 Å². The molecule has 290 valence electrons. The molecule has 0 bridgehead atoms. The van der Waals surface area contributed by atoms with Gasteiger partial charge < -0.3 is 34.3 Å². The van der Waals surface area contributed by atoms with Crippen molar-refractivity contribution in [2.24, 2.45) is 0 Å². The molecule has 5 rings (SSSR count). The number of aromatic hydroxyl groups is 1. The molecule has 1 amide bonds. The Morgan fingerprint density at radius 1 is 1.00 bits per heavy atom. The molecule has 9 nitrogen and oxygen atoms in total. The van der Waals surface area contributed by atoms with Crippen molar-refractivity contribution in [2.75, 3.05) is 53.5 Å². The predicted molar refractivity (Wildman–Crippen MR) is 197 cm³/mol. The van der Waals surface area contributed by atoms with Crippen LogP contribution in [0.3, 0.4) is 0 Å². The molecular formula is C41H54F3N3O6. The monoisotopic (exact) mass is 741 g/mol. The van der Waals surface area contributed by atoms with Crippen molar-refractivity contribution in [2.45, 2.75) is 88.3 Å². The molecule has 1 aliphatic carbocycles. The van der Waals surface area contributed by atoms with E-state index in [1.165, 1.54) is 25.7 Å². The summed E-state index contributed by atoms with van der Waals surface area (Å²) in [6, 6.07) is 20.3. The molecule has 1 heterocycles. The molecule has 3 aromatic carbocycles. The van der Waals surface area contributed by atoms with Gasteiger partial charge in [-0.05, 0) is 99.6 Å². The Morgan fingerprint density at radius 3 is 2.51 bits per heavy atom. The minimum Gasteiger partial charge on any atom is -0.504 e. The maximum absolute atomic E-state index is 13.0. The molecular weight excluding hydrogens is 687 g/mol. The highest BCUT2D eigenvalue weighted by Crippen LogP contribution is 2.33. The topological polar surface area (TPSA) is 92.7 Å². The second-order valence-corrected chi connectivity index (χ2v) is 14.1. The second kappa shape index (κ2) is 19.9. The minimum atomic E-state index is -4.39. The average molecular weight is 742 g/mol. The van der Waals surface area contributed by atoms with Crippen molar-refractivity contribution in [3.05, 3.63) is 89.5 Å². The van der Waals surface area contributed by atoms with Crippen molar-refractivity contribution in [1.82, 2.24) is 15.1 Å². The summed E-state index contributed by atoms with van der Waals surface area (Å²) in [6.07, 6.45) is 3.16. The minimum absolute atomic E-state index is 0.135. The SMILES string of the molecule is COc1ccc(CCOC2CCCC[C@H]2N2CC[C@@H](OC(=O)NCCCCN(C)CCC(Oc3ccc(C(F)(F)F)cc3)c3ccccc3)C2)cc1O. The van der Waals surface area contributed by atoms with Crippen LogP contribution in [-0.2, 0) is 22.1 Å². The van der Waals surface area contributed by atoms with Crippen LogP contribution in [0.15, 0.2) is 72.8 Å². The Labute approximate surface area is 311 Å². The van der Waals surface area contributed by atoms with E-state index in [9.17, 15) is 23.1 Å². The number of nitrogens with one attached hydrogen (secondary N) is 1. The van der Waals surface area contributed by atoms with E-state index in [1.54, 1.807) is 12.1 Å². The summed E-state index contributed by atoms with van der Waals surface area (Å²) in [6.45, 7) is 4.24. The Kier molecular flexibility index (Phi) is 15.1. The molecule has 2 unspecified atom stereocenters. The molecule has 0 aromatic heterocycles. The van der Waals surface area contributed by atoms with E-state index >= 15 is 0 Å². The molecule has 2 aliphatic rings. The smallest absolute Gasteiger partial charge is 0.416 e. The predicted octanol–water partition coefficient (Wildman–Crippen LogP) is 8.01. The maximum Gasteiger partial charge on any atom is 0.416 e. The van der Waals surface area contributed by atoms with Gasteiger partial charge in [-0.3, -0.25) is 4.90 Å². The number of likely N-dealkylation sites (tertiary alicyclic amines) is 1. The molecule has 0 spiro atoms. The third-order valence-electron chi connectivity index (χ3n) is 10.2. The van der Waals surface area contributed by atoms with Gasteiger partial charge in [0, 0.05) is 38.6 Å². The second-order valence-electron chi connectivity index (χ2n) is 14.1. The van der Waals surface area contributed by atoms with E-state index in [4.69, 9.17) is 18.9 Å². The lowest BCUT2D eigenvalue weighted by Crippen LogP contribution is -2.46. The Morgan fingerprint density at radius 2 is 1.77 bits per heavy atom. The van der Waals surface area contributed by atoms with Gasteiger partial charge in [0.2, 0.25) is 0 Å². The largest absolute Gasteiger partial charge is 0.504 e. The standard InChI is InChI=1S/C41H54F3N3O6/c1-46(25-21-37(31-10-4-3-5-11-31)52-33-17-15-32(16-18-33)41(42,43)44)24-9-8-23-45-40(49)53-34-20-26-47(29-34)35-12-6-7-13-38(35)51-27-22-30-14-19-39(50-2)36(48)28-30/h3-5,10-11,14-19,28,34-35,37-38,48H,6-9,12-13,20-27,29H2,1-2H3,(H,45,49)/t34-,35-,37?,38?/m1/s1. The maximum atomic E-state index is 13.0. The third-order valence-corrected chi connectivity index (χ3v) is 10.2. The third kappa shape index (κ3) is 12.5. The van der Waals surface area contributed by atoms with E-state index in [1.807, 2.05) is 43.4 Å². The van der Waals surface area contributed by atoms with Crippen LogP contribution < -0.4 is 14.8 Å². The summed E-state index contributed by atoms with van der Waals surface area (Å²) in [5, 5.41) is 13.0. The Bertz CT molecular complexity index is 1540. The van der Waals surface area contributed by atoms with Crippen molar-refractivity contribution in [3.63, 3.8) is 0 Å². The van der Waals surface area contributed by atoms with Gasteiger partial charge >= 0.3 is 12.3 Å². The van der Waals surface area contributed by atoms with Gasteiger partial charge in [0.1, 0.15) is 18.0 Å². The van der Waals surface area contributed by atoms with E-state index < -0.39 is 11.7 Å². The van der Waals surface area contributed by atoms with Crippen LogP contribution in [0.5, 0.6) is 17.2 Å². The highest BCUT2D eigenvalue weighted by atomic mass is 19.4. The van der Waals surface area contributed by atoms with Gasteiger partial charge in [0.05, 0.1) is 25.4 Å². The number of phenols is 1. The molecule has 1 aliphatic heterocycles. The summed E-state index contributed by atoms with van der Waals surface area (Å²) in [4.78, 5) is 17.3. The number of phenolic OH excluding ortho intramolecular Hbond substituents is 1. The molecule has 1 saturated heterocycles. The zero-order valence-electron chi connectivity index (χ0n) is 30.9. The molecule has 53 heavy (non-hydrogen) atoms. The fraction of sp³-hybridized carbons (Fsp3) is 0.537. The number of hydrogen-bond acceptors (Lipinski definition) is 8. The van der Waals surface area contributed by atoms with Gasteiger partial charge in [-0.15, -0.1) is 0 Å². The van der Waals surface area contributed by atoms with Gasteiger partial charge in [0.15, 0.2) is 11.5 Å². The molecule has 4 atom stereocenters. The number of amides is 1. The van der Waals surface area contributed by atoms with Crippen LogP contribution in [0.2, 0.25) is 0 Å². The summed E-state index contributed by atoms with van der Waals surface area (Å²) in [5.74, 6) is 0.989. The number of halogens is 3. The van der Waals surface area contributed by atoms with Gasteiger partial charge in [-0.2, -0.15) is 13.2 Å².